The highest BCUT2D eigenvalue weighted by molar-refractivity contribution is 5.87. The largest absolute Gasteiger partial charge is 0.478 e. The molecular formula is C15H24N2O2. The van der Waals surface area contributed by atoms with Gasteiger partial charge in [0.05, 0.1) is 5.56 Å². The summed E-state index contributed by atoms with van der Waals surface area (Å²) < 4.78 is 0. The summed E-state index contributed by atoms with van der Waals surface area (Å²) in [5.41, 5.74) is 1.16. The second kappa shape index (κ2) is 6.55. The van der Waals surface area contributed by atoms with Crippen molar-refractivity contribution in [2.45, 2.75) is 34.6 Å². The molecule has 0 unspecified atom stereocenters. The number of carboxylic acid groups (broad SMARTS) is 1. The summed E-state index contributed by atoms with van der Waals surface area (Å²) in [7, 11) is 0. The lowest BCUT2D eigenvalue weighted by molar-refractivity contribution is 0.0696. The van der Waals surface area contributed by atoms with Crippen LogP contribution in [0.1, 0.15) is 43.6 Å². The van der Waals surface area contributed by atoms with Gasteiger partial charge in [-0.25, -0.2) is 9.78 Å². The predicted molar refractivity (Wildman–Crippen MR) is 77.8 cm³/mol. The zero-order valence-electron chi connectivity index (χ0n) is 12.5. The van der Waals surface area contributed by atoms with Gasteiger partial charge < -0.3 is 10.0 Å². The third-order valence-electron chi connectivity index (χ3n) is 2.77. The van der Waals surface area contributed by atoms with Gasteiger partial charge in [-0.2, -0.15) is 0 Å². The molecule has 0 spiro atoms. The average molecular weight is 264 g/mol. The van der Waals surface area contributed by atoms with Gasteiger partial charge in [0, 0.05) is 19.3 Å². The molecule has 1 heterocycles. The molecule has 1 rings (SSSR count). The predicted octanol–water partition coefficient (Wildman–Crippen LogP) is 3.21. The number of aryl methyl sites for hydroxylation is 1. The van der Waals surface area contributed by atoms with Gasteiger partial charge in [-0.15, -0.1) is 0 Å². The van der Waals surface area contributed by atoms with E-state index in [1.165, 1.54) is 6.20 Å². The third kappa shape index (κ3) is 4.54. The van der Waals surface area contributed by atoms with E-state index in [1.807, 2.05) is 6.92 Å². The van der Waals surface area contributed by atoms with Gasteiger partial charge in [-0.05, 0) is 30.4 Å². The number of rotatable bonds is 6. The van der Waals surface area contributed by atoms with Crippen LogP contribution in [0.3, 0.4) is 0 Å². The molecule has 0 fully saturated rings. The van der Waals surface area contributed by atoms with Crippen molar-refractivity contribution in [2.24, 2.45) is 11.8 Å². The molecule has 1 aromatic rings. The Hall–Kier alpha value is -1.58. The molecule has 4 heteroatoms. The molecule has 0 amide bonds. The van der Waals surface area contributed by atoms with E-state index in [2.05, 4.69) is 37.6 Å². The molecule has 0 radical (unpaired) electrons. The van der Waals surface area contributed by atoms with Gasteiger partial charge in [0.25, 0.3) is 0 Å². The fourth-order valence-electron chi connectivity index (χ4n) is 2.14. The maximum absolute atomic E-state index is 10.9. The van der Waals surface area contributed by atoms with E-state index >= 15 is 0 Å². The Morgan fingerprint density at radius 1 is 1.26 bits per heavy atom. The van der Waals surface area contributed by atoms with E-state index in [-0.39, 0.29) is 5.56 Å². The normalized spacial score (nSPS) is 11.1. The fourth-order valence-corrected chi connectivity index (χ4v) is 2.14. The first-order valence-corrected chi connectivity index (χ1v) is 6.76. The second-order valence-electron chi connectivity index (χ2n) is 5.86. The second-order valence-corrected chi connectivity index (χ2v) is 5.86. The Balaban J connectivity index is 3.04. The van der Waals surface area contributed by atoms with Gasteiger partial charge in [-0.3, -0.25) is 0 Å². The quantitative estimate of drug-likeness (QED) is 0.857. The van der Waals surface area contributed by atoms with E-state index in [0.29, 0.717) is 11.8 Å². The Bertz CT molecular complexity index is 432. The first kappa shape index (κ1) is 15.5. The third-order valence-corrected chi connectivity index (χ3v) is 2.77. The molecule has 0 aliphatic heterocycles. The summed E-state index contributed by atoms with van der Waals surface area (Å²) in [4.78, 5) is 17.5. The Labute approximate surface area is 115 Å². The minimum atomic E-state index is -0.929. The number of carbonyl (C=O) groups is 1. The van der Waals surface area contributed by atoms with Crippen LogP contribution in [-0.4, -0.2) is 29.1 Å². The minimum absolute atomic E-state index is 0.246. The van der Waals surface area contributed by atoms with Crippen molar-refractivity contribution in [1.29, 1.82) is 0 Å². The molecule has 106 valence electrons. The van der Waals surface area contributed by atoms with Gasteiger partial charge in [0.2, 0.25) is 0 Å². The Morgan fingerprint density at radius 3 is 2.16 bits per heavy atom. The maximum Gasteiger partial charge on any atom is 0.337 e. The standard InChI is InChI=1S/C15H24N2O2/c1-10(2)8-17(9-11(3)4)14-12(5)6-13(7-16-14)15(18)19/h6-7,10-11H,8-9H2,1-5H3,(H,18,19). The van der Waals surface area contributed by atoms with Gasteiger partial charge >= 0.3 is 5.97 Å². The number of pyridine rings is 1. The van der Waals surface area contributed by atoms with Crippen molar-refractivity contribution in [3.05, 3.63) is 23.4 Å². The lowest BCUT2D eigenvalue weighted by atomic mass is 10.1. The van der Waals surface area contributed by atoms with E-state index in [1.54, 1.807) is 6.07 Å². The highest BCUT2D eigenvalue weighted by Gasteiger charge is 2.15. The molecule has 4 nitrogen and oxygen atoms in total. The lowest BCUT2D eigenvalue weighted by Gasteiger charge is -2.28. The molecule has 1 aromatic heterocycles. The molecule has 1 N–H and O–H groups in total. The summed E-state index contributed by atoms with van der Waals surface area (Å²) in [6.07, 6.45) is 1.44. The molecule has 0 aliphatic carbocycles. The SMILES string of the molecule is Cc1cc(C(=O)O)cnc1N(CC(C)C)CC(C)C. The van der Waals surface area contributed by atoms with Crippen LogP contribution in [0.25, 0.3) is 0 Å². The highest BCUT2D eigenvalue weighted by Crippen LogP contribution is 2.20. The number of aromatic carboxylic acids is 1. The Morgan fingerprint density at radius 2 is 1.79 bits per heavy atom. The topological polar surface area (TPSA) is 53.4 Å². The van der Waals surface area contributed by atoms with E-state index in [0.717, 1.165) is 24.5 Å². The zero-order chi connectivity index (χ0) is 14.6. The summed E-state index contributed by atoms with van der Waals surface area (Å²) >= 11 is 0. The smallest absolute Gasteiger partial charge is 0.337 e. The van der Waals surface area contributed by atoms with Crippen LogP contribution >= 0.6 is 0 Å². The number of hydrogen-bond acceptors (Lipinski definition) is 3. The molecular weight excluding hydrogens is 240 g/mol. The summed E-state index contributed by atoms with van der Waals surface area (Å²) in [6.45, 7) is 12.5. The first-order valence-electron chi connectivity index (χ1n) is 6.76. The molecule has 0 bridgehead atoms. The number of carboxylic acids is 1. The van der Waals surface area contributed by atoms with Crippen molar-refractivity contribution < 1.29 is 9.90 Å². The average Bonchev–Trinajstić information content (AvgIpc) is 2.26. The van der Waals surface area contributed by atoms with Gasteiger partial charge in [0.15, 0.2) is 0 Å². The van der Waals surface area contributed by atoms with Crippen LogP contribution < -0.4 is 4.90 Å². The van der Waals surface area contributed by atoms with Crippen LogP contribution in [0.4, 0.5) is 5.82 Å². The minimum Gasteiger partial charge on any atom is -0.478 e. The molecule has 19 heavy (non-hydrogen) atoms. The van der Waals surface area contributed by atoms with E-state index in [9.17, 15) is 4.79 Å². The van der Waals surface area contributed by atoms with Gasteiger partial charge in [-0.1, -0.05) is 27.7 Å². The van der Waals surface area contributed by atoms with Crippen molar-refractivity contribution in [2.75, 3.05) is 18.0 Å². The van der Waals surface area contributed by atoms with E-state index < -0.39 is 5.97 Å². The lowest BCUT2D eigenvalue weighted by Crippen LogP contribution is -2.32. The van der Waals surface area contributed by atoms with E-state index in [4.69, 9.17) is 5.11 Å². The monoisotopic (exact) mass is 264 g/mol. The molecule has 0 atom stereocenters. The summed E-state index contributed by atoms with van der Waals surface area (Å²) in [6, 6.07) is 1.69. The van der Waals surface area contributed by atoms with Crippen molar-refractivity contribution >= 4 is 11.8 Å². The van der Waals surface area contributed by atoms with Crippen molar-refractivity contribution in [1.82, 2.24) is 4.98 Å². The number of aromatic nitrogens is 1. The Kier molecular flexibility index (Phi) is 5.33. The van der Waals surface area contributed by atoms with Crippen LogP contribution in [-0.2, 0) is 0 Å². The number of anilines is 1. The van der Waals surface area contributed by atoms with Crippen molar-refractivity contribution in [3.8, 4) is 0 Å². The van der Waals surface area contributed by atoms with Crippen LogP contribution in [0.5, 0.6) is 0 Å². The fraction of sp³-hybridized carbons (Fsp3) is 0.600. The van der Waals surface area contributed by atoms with Gasteiger partial charge in [0.1, 0.15) is 5.82 Å². The molecule has 0 saturated heterocycles. The summed E-state index contributed by atoms with van der Waals surface area (Å²) in [5, 5.41) is 8.98. The van der Waals surface area contributed by atoms with Crippen molar-refractivity contribution in [3.63, 3.8) is 0 Å². The highest BCUT2D eigenvalue weighted by atomic mass is 16.4. The number of nitrogens with zero attached hydrogens (tertiary/aromatic N) is 2. The van der Waals surface area contributed by atoms with Crippen LogP contribution in [0.15, 0.2) is 12.3 Å². The maximum atomic E-state index is 10.9. The molecule has 0 aliphatic rings. The van der Waals surface area contributed by atoms with Crippen LogP contribution in [0.2, 0.25) is 0 Å². The first-order chi connectivity index (χ1) is 8.81. The summed E-state index contributed by atoms with van der Waals surface area (Å²) in [5.74, 6) is 1.05. The molecule has 0 saturated carbocycles. The zero-order valence-corrected chi connectivity index (χ0v) is 12.5. The number of hydrogen-bond donors (Lipinski definition) is 1. The molecule has 0 aromatic carbocycles. The van der Waals surface area contributed by atoms with Crippen LogP contribution in [0, 0.1) is 18.8 Å².